The Bertz CT molecular complexity index is 615. The average molecular weight is 303 g/mol. The van der Waals surface area contributed by atoms with Gasteiger partial charge in [0, 0.05) is 17.9 Å². The van der Waals surface area contributed by atoms with E-state index in [4.69, 9.17) is 15.5 Å². The van der Waals surface area contributed by atoms with E-state index < -0.39 is 11.9 Å². The number of aromatic carboxylic acids is 1. The molecule has 116 valence electrons. The third-order valence-electron chi connectivity index (χ3n) is 2.91. The second-order valence-electron chi connectivity index (χ2n) is 4.46. The molecule has 0 aliphatic rings. The van der Waals surface area contributed by atoms with Crippen molar-refractivity contribution < 1.29 is 19.8 Å². The number of hydrogen-bond donors (Lipinski definition) is 4. The molecule has 0 spiro atoms. The van der Waals surface area contributed by atoms with E-state index >= 15 is 0 Å². The first-order valence-electron chi connectivity index (χ1n) is 6.63. The van der Waals surface area contributed by atoms with Crippen molar-refractivity contribution in [1.29, 1.82) is 5.26 Å². The number of aliphatic hydroxyl groups is 1. The summed E-state index contributed by atoms with van der Waals surface area (Å²) < 4.78 is 0. The minimum Gasteiger partial charge on any atom is -0.478 e. The molecule has 0 aromatic heterocycles. The number of carbonyl (C=O) groups is 2. The van der Waals surface area contributed by atoms with Crippen LogP contribution in [0, 0.1) is 11.3 Å². The normalized spacial score (nSPS) is 12.1. The van der Waals surface area contributed by atoms with Gasteiger partial charge in [0.2, 0.25) is 0 Å². The number of aliphatic hydroxyl groups excluding tert-OH is 1. The quantitative estimate of drug-likeness (QED) is 0.442. The molecule has 1 aromatic carbocycles. The Morgan fingerprint density at radius 2 is 2.18 bits per heavy atom. The van der Waals surface area contributed by atoms with E-state index in [0.29, 0.717) is 6.42 Å². The number of nitriles is 1. The summed E-state index contributed by atoms with van der Waals surface area (Å²) in [5.74, 6) is -1.77. The smallest absolute Gasteiger partial charge is 0.335 e. The van der Waals surface area contributed by atoms with Crippen LogP contribution < -0.4 is 10.6 Å². The van der Waals surface area contributed by atoms with Crippen LogP contribution in [-0.2, 0) is 4.79 Å². The molecular weight excluding hydrogens is 286 g/mol. The summed E-state index contributed by atoms with van der Waals surface area (Å²) in [6.07, 6.45) is 1.87. The zero-order valence-corrected chi connectivity index (χ0v) is 12.0. The van der Waals surface area contributed by atoms with Crippen molar-refractivity contribution in [3.05, 3.63) is 41.6 Å². The summed E-state index contributed by atoms with van der Waals surface area (Å²) in [6, 6.07) is 7.22. The maximum absolute atomic E-state index is 12.0. The molecule has 0 radical (unpaired) electrons. The number of rotatable bonds is 7. The molecule has 7 heteroatoms. The van der Waals surface area contributed by atoms with Gasteiger partial charge in [0.15, 0.2) is 0 Å². The summed E-state index contributed by atoms with van der Waals surface area (Å²) in [4.78, 5) is 22.8. The van der Waals surface area contributed by atoms with Gasteiger partial charge in [-0.3, -0.25) is 4.79 Å². The highest BCUT2D eigenvalue weighted by atomic mass is 16.4. The minimum absolute atomic E-state index is 0.0322. The Kier molecular flexibility index (Phi) is 6.60. The van der Waals surface area contributed by atoms with Gasteiger partial charge in [0.25, 0.3) is 5.91 Å². The van der Waals surface area contributed by atoms with Gasteiger partial charge >= 0.3 is 5.97 Å². The largest absolute Gasteiger partial charge is 0.478 e. The van der Waals surface area contributed by atoms with E-state index in [-0.39, 0.29) is 29.5 Å². The van der Waals surface area contributed by atoms with Gasteiger partial charge in [-0.2, -0.15) is 5.26 Å². The number of nitrogens with zero attached hydrogens (tertiary/aromatic N) is 1. The Balaban J connectivity index is 2.81. The monoisotopic (exact) mass is 303 g/mol. The molecule has 1 unspecified atom stereocenters. The number of amides is 1. The molecule has 0 saturated heterocycles. The molecule has 22 heavy (non-hydrogen) atoms. The molecule has 1 amide bonds. The van der Waals surface area contributed by atoms with Crippen LogP contribution >= 0.6 is 0 Å². The molecule has 0 fully saturated rings. The van der Waals surface area contributed by atoms with Crippen LogP contribution in [0.25, 0.3) is 0 Å². The van der Waals surface area contributed by atoms with Gasteiger partial charge in [-0.15, -0.1) is 0 Å². The first-order chi connectivity index (χ1) is 10.5. The number of nitrogens with one attached hydrogen (secondary N) is 2. The molecule has 1 aromatic rings. The fraction of sp³-hybridized carbons (Fsp3) is 0.267. The number of benzene rings is 1. The van der Waals surface area contributed by atoms with Crippen LogP contribution in [0.15, 0.2) is 36.0 Å². The van der Waals surface area contributed by atoms with Crippen LogP contribution in [0.1, 0.15) is 23.7 Å². The van der Waals surface area contributed by atoms with Crippen molar-refractivity contribution in [3.63, 3.8) is 0 Å². The van der Waals surface area contributed by atoms with E-state index in [1.54, 1.807) is 6.07 Å². The summed E-state index contributed by atoms with van der Waals surface area (Å²) in [7, 11) is 0. The van der Waals surface area contributed by atoms with Crippen LogP contribution in [0.4, 0.5) is 5.69 Å². The number of carbonyl (C=O) groups excluding carboxylic acids is 1. The third-order valence-corrected chi connectivity index (χ3v) is 2.91. The average Bonchev–Trinajstić information content (AvgIpc) is 2.52. The van der Waals surface area contributed by atoms with Gasteiger partial charge in [0.1, 0.15) is 11.6 Å². The predicted octanol–water partition coefficient (Wildman–Crippen LogP) is 1.09. The van der Waals surface area contributed by atoms with Gasteiger partial charge < -0.3 is 20.8 Å². The summed E-state index contributed by atoms with van der Waals surface area (Å²) >= 11 is 0. The van der Waals surface area contributed by atoms with E-state index in [9.17, 15) is 9.59 Å². The minimum atomic E-state index is -1.11. The number of hydrogen-bond acceptors (Lipinski definition) is 5. The van der Waals surface area contributed by atoms with E-state index in [2.05, 4.69) is 10.6 Å². The van der Waals surface area contributed by atoms with Crippen LogP contribution in [0.2, 0.25) is 0 Å². The first kappa shape index (κ1) is 17.2. The zero-order valence-electron chi connectivity index (χ0n) is 12.0. The fourth-order valence-corrected chi connectivity index (χ4v) is 1.58. The van der Waals surface area contributed by atoms with E-state index in [1.165, 1.54) is 30.5 Å². The molecule has 4 N–H and O–H groups in total. The molecule has 1 rings (SSSR count). The Labute approximate surface area is 127 Å². The Morgan fingerprint density at radius 1 is 1.45 bits per heavy atom. The topological polar surface area (TPSA) is 122 Å². The lowest BCUT2D eigenvalue weighted by Gasteiger charge is -2.12. The summed E-state index contributed by atoms with van der Waals surface area (Å²) in [5, 5.41) is 32.2. The Morgan fingerprint density at radius 3 is 2.73 bits per heavy atom. The molecule has 0 saturated carbocycles. The maximum atomic E-state index is 12.0. The molecule has 0 bridgehead atoms. The highest BCUT2D eigenvalue weighted by molar-refractivity contribution is 6.06. The molecular formula is C15H17N3O4. The molecule has 0 aliphatic heterocycles. The van der Waals surface area contributed by atoms with Crippen LogP contribution in [-0.4, -0.2) is 34.7 Å². The molecule has 1 atom stereocenters. The standard InChI is InChI=1S/C15H17N3O4/c1-2-12(9-19)17-8-11(7-16)14(20)18-13-5-3-4-10(6-13)15(21)22/h3-6,8,12,17,19H,2,9H2,1H3,(H,18,20)(H,21,22)/b11-8-. The van der Waals surface area contributed by atoms with Gasteiger partial charge in [0.05, 0.1) is 12.2 Å². The van der Waals surface area contributed by atoms with E-state index in [0.717, 1.165) is 0 Å². The van der Waals surface area contributed by atoms with Gasteiger partial charge in [-0.1, -0.05) is 13.0 Å². The second-order valence-corrected chi connectivity index (χ2v) is 4.46. The lowest BCUT2D eigenvalue weighted by atomic mass is 10.2. The summed E-state index contributed by atoms with van der Waals surface area (Å²) in [5.41, 5.74) is 0.137. The SMILES string of the molecule is CCC(CO)N/C=C(/C#N)C(=O)Nc1cccc(C(=O)O)c1. The number of anilines is 1. The predicted molar refractivity (Wildman–Crippen MR) is 80.0 cm³/mol. The molecule has 0 heterocycles. The number of carboxylic acid groups (broad SMARTS) is 1. The Hall–Kier alpha value is -2.85. The van der Waals surface area contributed by atoms with Crippen LogP contribution in [0.3, 0.4) is 0 Å². The maximum Gasteiger partial charge on any atom is 0.335 e. The van der Waals surface area contributed by atoms with Crippen molar-refractivity contribution in [2.75, 3.05) is 11.9 Å². The van der Waals surface area contributed by atoms with E-state index in [1.807, 2.05) is 6.92 Å². The van der Waals surface area contributed by atoms with Gasteiger partial charge in [-0.05, 0) is 24.6 Å². The molecule has 7 nitrogen and oxygen atoms in total. The van der Waals surface area contributed by atoms with Crippen molar-refractivity contribution in [3.8, 4) is 6.07 Å². The fourth-order valence-electron chi connectivity index (χ4n) is 1.58. The highest BCUT2D eigenvalue weighted by Crippen LogP contribution is 2.11. The summed E-state index contributed by atoms with van der Waals surface area (Å²) in [6.45, 7) is 1.74. The lowest BCUT2D eigenvalue weighted by Crippen LogP contribution is -2.28. The van der Waals surface area contributed by atoms with Crippen molar-refractivity contribution in [2.45, 2.75) is 19.4 Å². The third kappa shape index (κ3) is 4.92. The second kappa shape index (κ2) is 8.44. The number of carboxylic acids is 1. The molecule has 0 aliphatic carbocycles. The van der Waals surface area contributed by atoms with Crippen molar-refractivity contribution >= 4 is 17.6 Å². The lowest BCUT2D eigenvalue weighted by molar-refractivity contribution is -0.112. The highest BCUT2D eigenvalue weighted by Gasteiger charge is 2.11. The first-order valence-corrected chi connectivity index (χ1v) is 6.63. The zero-order chi connectivity index (χ0) is 16.5. The van der Waals surface area contributed by atoms with Crippen molar-refractivity contribution in [2.24, 2.45) is 0 Å². The van der Waals surface area contributed by atoms with Gasteiger partial charge in [-0.25, -0.2) is 4.79 Å². The van der Waals surface area contributed by atoms with Crippen molar-refractivity contribution in [1.82, 2.24) is 5.32 Å². The van der Waals surface area contributed by atoms with Crippen LogP contribution in [0.5, 0.6) is 0 Å².